The predicted octanol–water partition coefficient (Wildman–Crippen LogP) is 1.84. The summed E-state index contributed by atoms with van der Waals surface area (Å²) in [6.45, 7) is 0. The summed E-state index contributed by atoms with van der Waals surface area (Å²) in [5.41, 5.74) is 3.49. The highest BCUT2D eigenvalue weighted by molar-refractivity contribution is 7.89. The summed E-state index contributed by atoms with van der Waals surface area (Å²) in [4.78, 5) is 1.11. The van der Waals surface area contributed by atoms with Gasteiger partial charge in [-0.15, -0.1) is 11.3 Å². The highest BCUT2D eigenvalue weighted by Crippen LogP contribution is 2.12. The van der Waals surface area contributed by atoms with Gasteiger partial charge in [-0.3, -0.25) is 5.43 Å². The Morgan fingerprint density at radius 3 is 2.50 bits per heavy atom. The first-order chi connectivity index (χ1) is 8.55. The van der Waals surface area contributed by atoms with E-state index in [2.05, 4.69) is 10.5 Å². The number of rotatable bonds is 4. The molecule has 1 aromatic heterocycles. The van der Waals surface area contributed by atoms with E-state index in [4.69, 9.17) is 5.14 Å². The van der Waals surface area contributed by atoms with Gasteiger partial charge in [0.25, 0.3) is 0 Å². The lowest BCUT2D eigenvalue weighted by atomic mass is 10.3. The van der Waals surface area contributed by atoms with Crippen molar-refractivity contribution in [3.63, 3.8) is 0 Å². The maximum atomic E-state index is 11.0. The summed E-state index contributed by atoms with van der Waals surface area (Å²) in [7, 11) is -3.64. The van der Waals surface area contributed by atoms with Gasteiger partial charge in [-0.25, -0.2) is 13.6 Å². The lowest BCUT2D eigenvalue weighted by Gasteiger charge is -2.01. The van der Waals surface area contributed by atoms with Crippen molar-refractivity contribution in [3.05, 3.63) is 46.7 Å². The van der Waals surface area contributed by atoms with Gasteiger partial charge < -0.3 is 0 Å². The lowest BCUT2D eigenvalue weighted by molar-refractivity contribution is 0.598. The molecule has 0 aliphatic heterocycles. The fourth-order valence-corrected chi connectivity index (χ4v) is 2.35. The molecular weight excluding hydrogens is 270 g/mol. The van der Waals surface area contributed by atoms with Crippen LogP contribution in [-0.4, -0.2) is 14.6 Å². The minimum Gasteiger partial charge on any atom is -0.278 e. The summed E-state index contributed by atoms with van der Waals surface area (Å²) in [6, 6.07) is 9.94. The number of hydrazone groups is 1. The number of sulfonamides is 1. The first kappa shape index (κ1) is 12.7. The Balaban J connectivity index is 2.03. The van der Waals surface area contributed by atoms with E-state index in [1.807, 2.05) is 17.5 Å². The highest BCUT2D eigenvalue weighted by Gasteiger charge is 2.05. The molecule has 1 aromatic carbocycles. The minimum atomic E-state index is -3.64. The molecule has 0 spiro atoms. The molecule has 1 heterocycles. The predicted molar refractivity (Wildman–Crippen MR) is 73.4 cm³/mol. The van der Waals surface area contributed by atoms with Crippen LogP contribution in [0.1, 0.15) is 4.88 Å². The Morgan fingerprint density at radius 2 is 1.94 bits per heavy atom. The SMILES string of the molecule is NS(=O)(=O)c1ccc(NN=Cc2cccs2)cc1. The summed E-state index contributed by atoms with van der Waals surface area (Å²) in [5, 5.41) is 11.0. The monoisotopic (exact) mass is 281 g/mol. The highest BCUT2D eigenvalue weighted by atomic mass is 32.2. The third-order valence-electron chi connectivity index (χ3n) is 2.11. The average Bonchev–Trinajstić information content (AvgIpc) is 2.82. The molecule has 2 rings (SSSR count). The molecule has 0 aliphatic carbocycles. The second kappa shape index (κ2) is 5.30. The van der Waals surface area contributed by atoms with E-state index in [1.54, 1.807) is 29.7 Å². The Bertz CT molecular complexity index is 631. The van der Waals surface area contributed by atoms with Crippen LogP contribution in [0.4, 0.5) is 5.69 Å². The number of nitrogens with zero attached hydrogens (tertiary/aromatic N) is 1. The van der Waals surface area contributed by atoms with E-state index in [-0.39, 0.29) is 4.90 Å². The third-order valence-corrected chi connectivity index (χ3v) is 3.85. The normalized spacial score (nSPS) is 11.8. The Hall–Kier alpha value is -1.70. The number of hydrogen-bond acceptors (Lipinski definition) is 5. The van der Waals surface area contributed by atoms with Crippen LogP contribution in [-0.2, 0) is 10.0 Å². The van der Waals surface area contributed by atoms with Gasteiger partial charge in [0.15, 0.2) is 0 Å². The van der Waals surface area contributed by atoms with Crippen LogP contribution in [0.25, 0.3) is 0 Å². The molecule has 0 bridgehead atoms. The minimum absolute atomic E-state index is 0.0790. The molecule has 0 radical (unpaired) electrons. The number of thiophene rings is 1. The van der Waals surface area contributed by atoms with Gasteiger partial charge >= 0.3 is 0 Å². The maximum Gasteiger partial charge on any atom is 0.238 e. The Kier molecular flexibility index (Phi) is 3.75. The molecule has 0 saturated carbocycles. The first-order valence-electron chi connectivity index (χ1n) is 5.01. The molecular formula is C11H11N3O2S2. The number of primary sulfonamides is 1. The summed E-state index contributed by atoms with van der Waals surface area (Å²) in [5.74, 6) is 0. The lowest BCUT2D eigenvalue weighted by Crippen LogP contribution is -2.11. The smallest absolute Gasteiger partial charge is 0.238 e. The largest absolute Gasteiger partial charge is 0.278 e. The zero-order valence-corrected chi connectivity index (χ0v) is 10.9. The molecule has 7 heteroatoms. The number of benzene rings is 1. The van der Waals surface area contributed by atoms with E-state index in [0.29, 0.717) is 5.69 Å². The van der Waals surface area contributed by atoms with E-state index in [9.17, 15) is 8.42 Å². The topological polar surface area (TPSA) is 84.5 Å². The van der Waals surface area contributed by atoms with Gasteiger partial charge in [0.2, 0.25) is 10.0 Å². The molecule has 94 valence electrons. The van der Waals surface area contributed by atoms with Crippen molar-refractivity contribution in [3.8, 4) is 0 Å². The van der Waals surface area contributed by atoms with Crippen molar-refractivity contribution in [2.45, 2.75) is 4.90 Å². The molecule has 0 fully saturated rings. The summed E-state index contributed by atoms with van der Waals surface area (Å²) >= 11 is 1.58. The van der Waals surface area contributed by atoms with Crippen molar-refractivity contribution in [1.29, 1.82) is 0 Å². The van der Waals surface area contributed by atoms with Crippen molar-refractivity contribution in [1.82, 2.24) is 0 Å². The van der Waals surface area contributed by atoms with Crippen LogP contribution in [0.15, 0.2) is 51.8 Å². The molecule has 2 aromatic rings. The van der Waals surface area contributed by atoms with Crippen molar-refractivity contribution in [2.24, 2.45) is 10.2 Å². The zero-order chi connectivity index (χ0) is 13.0. The van der Waals surface area contributed by atoms with Crippen molar-refractivity contribution >= 4 is 33.3 Å². The molecule has 0 unspecified atom stereocenters. The molecule has 0 atom stereocenters. The van der Waals surface area contributed by atoms with E-state index >= 15 is 0 Å². The number of nitrogens with one attached hydrogen (secondary N) is 1. The van der Waals surface area contributed by atoms with Gasteiger partial charge in [-0.1, -0.05) is 6.07 Å². The van der Waals surface area contributed by atoms with Crippen LogP contribution < -0.4 is 10.6 Å². The molecule has 3 N–H and O–H groups in total. The second-order valence-electron chi connectivity index (χ2n) is 3.45. The number of hydrogen-bond donors (Lipinski definition) is 2. The van der Waals surface area contributed by atoms with Gasteiger partial charge in [0, 0.05) is 4.88 Å². The zero-order valence-electron chi connectivity index (χ0n) is 9.28. The molecule has 5 nitrogen and oxygen atoms in total. The van der Waals surface area contributed by atoms with Crippen LogP contribution in [0.3, 0.4) is 0 Å². The van der Waals surface area contributed by atoms with Crippen molar-refractivity contribution < 1.29 is 8.42 Å². The van der Waals surface area contributed by atoms with Crippen LogP contribution >= 0.6 is 11.3 Å². The molecule has 0 aliphatic rings. The Labute approximate surface area is 109 Å². The van der Waals surface area contributed by atoms with Gasteiger partial charge in [-0.2, -0.15) is 5.10 Å². The van der Waals surface area contributed by atoms with Crippen molar-refractivity contribution in [2.75, 3.05) is 5.43 Å². The average molecular weight is 281 g/mol. The Morgan fingerprint density at radius 1 is 1.22 bits per heavy atom. The van der Waals surface area contributed by atoms with Crippen LogP contribution in [0, 0.1) is 0 Å². The quantitative estimate of drug-likeness (QED) is 0.662. The van der Waals surface area contributed by atoms with E-state index < -0.39 is 10.0 Å². The van der Waals surface area contributed by atoms with E-state index in [1.165, 1.54) is 12.1 Å². The fourth-order valence-electron chi connectivity index (χ4n) is 1.25. The maximum absolute atomic E-state index is 11.0. The molecule has 18 heavy (non-hydrogen) atoms. The first-order valence-corrected chi connectivity index (χ1v) is 7.44. The number of nitrogens with two attached hydrogens (primary N) is 1. The fraction of sp³-hybridized carbons (Fsp3) is 0. The van der Waals surface area contributed by atoms with Crippen LogP contribution in [0.5, 0.6) is 0 Å². The third kappa shape index (κ3) is 3.39. The summed E-state index contributed by atoms with van der Waals surface area (Å²) < 4.78 is 22.1. The second-order valence-corrected chi connectivity index (χ2v) is 6.00. The summed E-state index contributed by atoms with van der Waals surface area (Å²) in [6.07, 6.45) is 1.69. The molecule has 0 amide bonds. The standard InChI is InChI=1S/C11H11N3O2S2/c12-18(15,16)11-5-3-9(4-6-11)14-13-8-10-2-1-7-17-10/h1-8,14H,(H2,12,15,16). The molecule has 0 saturated heterocycles. The van der Waals surface area contributed by atoms with Gasteiger partial charge in [0.1, 0.15) is 0 Å². The van der Waals surface area contributed by atoms with Crippen LogP contribution in [0.2, 0.25) is 0 Å². The van der Waals surface area contributed by atoms with E-state index in [0.717, 1.165) is 4.88 Å². The van der Waals surface area contributed by atoms with Gasteiger partial charge in [0.05, 0.1) is 16.8 Å². The van der Waals surface area contributed by atoms with Gasteiger partial charge in [-0.05, 0) is 35.7 Å². The number of anilines is 1.